The van der Waals surface area contributed by atoms with Gasteiger partial charge in [-0.05, 0) is 44.1 Å². The molecule has 2 rings (SSSR count). The van der Waals surface area contributed by atoms with Crippen LogP contribution in [0.3, 0.4) is 0 Å². The van der Waals surface area contributed by atoms with Gasteiger partial charge in [0.25, 0.3) is 0 Å². The Hall–Kier alpha value is -1.36. The zero-order valence-electron chi connectivity index (χ0n) is 10.6. The van der Waals surface area contributed by atoms with Crippen molar-refractivity contribution in [2.24, 2.45) is 5.92 Å². The lowest BCUT2D eigenvalue weighted by atomic mass is 9.97. The number of carbonyl (C=O) groups excluding carboxylic acids is 2. The van der Waals surface area contributed by atoms with Crippen LogP contribution in [0.2, 0.25) is 0 Å². The summed E-state index contributed by atoms with van der Waals surface area (Å²) in [4.78, 5) is 22.4. The highest BCUT2D eigenvalue weighted by molar-refractivity contribution is 5.91. The highest BCUT2D eigenvalue weighted by Crippen LogP contribution is 2.39. The van der Waals surface area contributed by atoms with E-state index in [9.17, 15) is 9.59 Å². The van der Waals surface area contributed by atoms with Gasteiger partial charge in [-0.25, -0.2) is 4.79 Å². The average molecular weight is 253 g/mol. The van der Waals surface area contributed by atoms with Crippen LogP contribution in [-0.2, 0) is 19.1 Å². The highest BCUT2D eigenvalue weighted by atomic mass is 16.5. The van der Waals surface area contributed by atoms with Gasteiger partial charge >= 0.3 is 5.97 Å². The number of hydrogen-bond acceptors (Lipinski definition) is 4. The molecule has 0 radical (unpaired) electrons. The molecule has 1 atom stereocenters. The zero-order chi connectivity index (χ0) is 13.0. The van der Waals surface area contributed by atoms with Crippen LogP contribution in [0.25, 0.3) is 0 Å². The summed E-state index contributed by atoms with van der Waals surface area (Å²) in [6.45, 7) is 2.66. The van der Waals surface area contributed by atoms with Crippen molar-refractivity contribution in [1.82, 2.24) is 5.32 Å². The smallest absolute Gasteiger partial charge is 0.354 e. The molecule has 1 N–H and O–H groups in total. The van der Waals surface area contributed by atoms with E-state index in [-0.39, 0.29) is 6.10 Å². The number of nitrogens with one attached hydrogen (secondary N) is 1. The van der Waals surface area contributed by atoms with Gasteiger partial charge in [-0.3, -0.25) is 4.79 Å². The molecule has 2 aliphatic rings. The molecule has 0 aromatic carbocycles. The summed E-state index contributed by atoms with van der Waals surface area (Å²) < 4.78 is 10.7. The van der Waals surface area contributed by atoms with E-state index in [1.165, 1.54) is 12.8 Å². The molecule has 1 heterocycles. The quantitative estimate of drug-likeness (QED) is 0.453. The molecule has 0 aromatic heterocycles. The minimum Gasteiger partial charge on any atom is -0.461 e. The molecule has 18 heavy (non-hydrogen) atoms. The van der Waals surface area contributed by atoms with Crippen molar-refractivity contribution in [3.8, 4) is 0 Å². The van der Waals surface area contributed by atoms with E-state index in [1.807, 2.05) is 0 Å². The maximum Gasteiger partial charge on any atom is 0.354 e. The summed E-state index contributed by atoms with van der Waals surface area (Å²) in [7, 11) is 0. The molecule has 1 aliphatic carbocycles. The SMILES string of the molecule is CCOC(=O)/C(NC=O)=C1\CCO[C@@H](C2CC2)C1. The third-order valence-electron chi connectivity index (χ3n) is 3.37. The molecular formula is C13H19NO4. The van der Waals surface area contributed by atoms with Crippen molar-refractivity contribution in [2.45, 2.75) is 38.7 Å². The van der Waals surface area contributed by atoms with Gasteiger partial charge in [0.1, 0.15) is 5.70 Å². The maximum atomic E-state index is 11.8. The summed E-state index contributed by atoms with van der Waals surface area (Å²) in [5.74, 6) is 0.177. The Morgan fingerprint density at radius 1 is 1.56 bits per heavy atom. The Labute approximate surface area is 107 Å². The number of amides is 1. The molecule has 1 saturated carbocycles. The van der Waals surface area contributed by atoms with Crippen molar-refractivity contribution in [3.63, 3.8) is 0 Å². The summed E-state index contributed by atoms with van der Waals surface area (Å²) in [5, 5.41) is 2.49. The summed E-state index contributed by atoms with van der Waals surface area (Å²) in [6.07, 6.45) is 4.53. The van der Waals surface area contributed by atoms with Gasteiger partial charge in [-0.15, -0.1) is 0 Å². The summed E-state index contributed by atoms with van der Waals surface area (Å²) in [5.41, 5.74) is 1.25. The Balaban J connectivity index is 2.11. The lowest BCUT2D eigenvalue weighted by Crippen LogP contribution is -2.29. The third kappa shape index (κ3) is 3.10. The molecule has 2 fully saturated rings. The molecular weight excluding hydrogens is 234 g/mol. The van der Waals surface area contributed by atoms with Crippen molar-refractivity contribution in [1.29, 1.82) is 0 Å². The van der Waals surface area contributed by atoms with Crippen LogP contribution in [-0.4, -0.2) is 31.7 Å². The van der Waals surface area contributed by atoms with Gasteiger partial charge in [-0.1, -0.05) is 0 Å². The second kappa shape index (κ2) is 6.00. The number of rotatable bonds is 5. The van der Waals surface area contributed by atoms with E-state index in [0.29, 0.717) is 37.7 Å². The molecule has 0 spiro atoms. The molecule has 1 saturated heterocycles. The Morgan fingerprint density at radius 2 is 2.33 bits per heavy atom. The summed E-state index contributed by atoms with van der Waals surface area (Å²) >= 11 is 0. The van der Waals surface area contributed by atoms with E-state index >= 15 is 0 Å². The van der Waals surface area contributed by atoms with Crippen molar-refractivity contribution >= 4 is 12.4 Å². The van der Waals surface area contributed by atoms with Crippen LogP contribution in [0.5, 0.6) is 0 Å². The van der Waals surface area contributed by atoms with E-state index in [2.05, 4.69) is 5.32 Å². The predicted octanol–water partition coefficient (Wildman–Crippen LogP) is 1.14. The fourth-order valence-corrected chi connectivity index (χ4v) is 2.30. The van der Waals surface area contributed by atoms with Crippen molar-refractivity contribution in [2.75, 3.05) is 13.2 Å². The lowest BCUT2D eigenvalue weighted by Gasteiger charge is -2.26. The fourth-order valence-electron chi connectivity index (χ4n) is 2.30. The first-order chi connectivity index (χ1) is 8.76. The monoisotopic (exact) mass is 253 g/mol. The van der Waals surface area contributed by atoms with E-state index in [1.54, 1.807) is 6.92 Å². The van der Waals surface area contributed by atoms with Crippen LogP contribution in [0.4, 0.5) is 0 Å². The number of carbonyl (C=O) groups is 2. The van der Waals surface area contributed by atoms with Crippen molar-refractivity contribution < 1.29 is 19.1 Å². The van der Waals surface area contributed by atoms with Gasteiger partial charge in [0, 0.05) is 0 Å². The van der Waals surface area contributed by atoms with Gasteiger partial charge < -0.3 is 14.8 Å². The maximum absolute atomic E-state index is 11.8. The Kier molecular flexibility index (Phi) is 4.36. The van der Waals surface area contributed by atoms with E-state index < -0.39 is 5.97 Å². The molecule has 5 nitrogen and oxygen atoms in total. The molecule has 0 bridgehead atoms. The first-order valence-electron chi connectivity index (χ1n) is 6.47. The Bertz CT molecular complexity index is 360. The topological polar surface area (TPSA) is 64.6 Å². The number of ether oxygens (including phenoxy) is 2. The average Bonchev–Trinajstić information content (AvgIpc) is 3.20. The number of hydrogen-bond donors (Lipinski definition) is 1. The van der Waals surface area contributed by atoms with Gasteiger partial charge in [0.05, 0.1) is 19.3 Å². The largest absolute Gasteiger partial charge is 0.461 e. The predicted molar refractivity (Wildman–Crippen MR) is 64.6 cm³/mol. The van der Waals surface area contributed by atoms with Gasteiger partial charge in [0.15, 0.2) is 0 Å². The molecule has 0 aromatic rings. The van der Waals surface area contributed by atoms with Gasteiger partial charge in [-0.2, -0.15) is 0 Å². The second-order valence-electron chi connectivity index (χ2n) is 4.66. The van der Waals surface area contributed by atoms with Crippen LogP contribution in [0.1, 0.15) is 32.6 Å². The second-order valence-corrected chi connectivity index (χ2v) is 4.66. The molecule has 1 amide bonds. The molecule has 5 heteroatoms. The van der Waals surface area contributed by atoms with Crippen molar-refractivity contribution in [3.05, 3.63) is 11.3 Å². The zero-order valence-corrected chi connectivity index (χ0v) is 10.6. The van der Waals surface area contributed by atoms with Crippen LogP contribution < -0.4 is 5.32 Å². The first kappa shape index (κ1) is 13.1. The molecule has 1 aliphatic heterocycles. The normalized spacial score (nSPS) is 26.4. The first-order valence-corrected chi connectivity index (χ1v) is 6.47. The number of esters is 1. The fraction of sp³-hybridized carbons (Fsp3) is 0.692. The van der Waals surface area contributed by atoms with Crippen LogP contribution >= 0.6 is 0 Å². The lowest BCUT2D eigenvalue weighted by molar-refractivity contribution is -0.139. The standard InChI is InChI=1S/C13H19NO4/c1-2-17-13(16)12(14-8-15)10-5-6-18-11(7-10)9-3-4-9/h8-9,11H,2-7H2,1H3,(H,14,15)/b12-10-/t11-/m1/s1. The third-order valence-corrected chi connectivity index (χ3v) is 3.37. The van der Waals surface area contributed by atoms with Crippen LogP contribution in [0.15, 0.2) is 11.3 Å². The molecule has 0 unspecified atom stereocenters. The summed E-state index contributed by atoms with van der Waals surface area (Å²) in [6, 6.07) is 0. The van der Waals surface area contributed by atoms with E-state index in [4.69, 9.17) is 9.47 Å². The van der Waals surface area contributed by atoms with E-state index in [0.717, 1.165) is 12.0 Å². The minimum atomic E-state index is -0.448. The van der Waals surface area contributed by atoms with Crippen LogP contribution in [0, 0.1) is 5.92 Å². The molecule has 100 valence electrons. The minimum absolute atomic E-state index is 0.201. The van der Waals surface area contributed by atoms with Gasteiger partial charge in [0.2, 0.25) is 6.41 Å². The Morgan fingerprint density at radius 3 is 2.94 bits per heavy atom. The highest BCUT2D eigenvalue weighted by Gasteiger charge is 2.35.